The third-order valence-electron chi connectivity index (χ3n) is 12.0. The molecule has 0 saturated carbocycles. The average Bonchev–Trinajstić information content (AvgIpc) is 3.35. The van der Waals surface area contributed by atoms with Crippen molar-refractivity contribution in [2.24, 2.45) is 9.98 Å². The molecule has 0 amide bonds. The summed E-state index contributed by atoms with van der Waals surface area (Å²) in [6, 6.07) is 29.9. The van der Waals surface area contributed by atoms with Crippen molar-refractivity contribution in [1.82, 2.24) is 40.2 Å². The number of fused-ring (bicyclic) bond motifs is 3. The largest absolute Gasteiger partial charge is 0.379 e. The number of pyridine rings is 2. The van der Waals surface area contributed by atoms with Crippen LogP contribution in [0.2, 0.25) is 0 Å². The van der Waals surface area contributed by atoms with Gasteiger partial charge in [0.15, 0.2) is 0 Å². The van der Waals surface area contributed by atoms with E-state index in [4.69, 9.17) is 38.9 Å². The smallest absolute Gasteiger partial charge is 0.0979 e. The highest BCUT2D eigenvalue weighted by molar-refractivity contribution is 6.13. The molecule has 62 heavy (non-hydrogen) atoms. The van der Waals surface area contributed by atoms with Crippen LogP contribution in [-0.2, 0) is 18.9 Å². The molecule has 0 aliphatic carbocycles. The zero-order valence-corrected chi connectivity index (χ0v) is 35.9. The van der Waals surface area contributed by atoms with Gasteiger partial charge >= 0.3 is 0 Å². The van der Waals surface area contributed by atoms with Gasteiger partial charge in [0.2, 0.25) is 0 Å². The highest BCUT2D eigenvalue weighted by atomic mass is 16.5. The van der Waals surface area contributed by atoms with Gasteiger partial charge in [-0.3, -0.25) is 9.98 Å². The van der Waals surface area contributed by atoms with Gasteiger partial charge in [-0.15, -0.1) is 0 Å². The molecular formula is C48H60N10O4. The fraction of sp³-hybridized carbons (Fsp3) is 0.458. The van der Waals surface area contributed by atoms with Crippen LogP contribution in [-0.4, -0.2) is 184 Å². The van der Waals surface area contributed by atoms with Crippen LogP contribution in [0, 0.1) is 0 Å². The van der Waals surface area contributed by atoms with E-state index >= 15 is 0 Å². The van der Waals surface area contributed by atoms with Gasteiger partial charge in [0, 0.05) is 102 Å². The second-order valence-corrected chi connectivity index (χ2v) is 16.0. The number of aromatic nitrogens is 2. The monoisotopic (exact) mass is 840 g/mol. The fourth-order valence-corrected chi connectivity index (χ4v) is 8.84. The molecule has 6 heterocycles. The van der Waals surface area contributed by atoms with E-state index in [2.05, 4.69) is 115 Å². The first-order chi connectivity index (χ1) is 30.8. The van der Waals surface area contributed by atoms with E-state index < -0.39 is 0 Å². The maximum Gasteiger partial charge on any atom is 0.0979 e. The van der Waals surface area contributed by atoms with Crippen molar-refractivity contribution < 1.29 is 18.9 Å². The van der Waals surface area contributed by atoms with Crippen molar-refractivity contribution in [3.63, 3.8) is 0 Å². The van der Waals surface area contributed by atoms with Crippen LogP contribution in [0.15, 0.2) is 94.9 Å². The molecule has 3 aromatic carbocycles. The lowest BCUT2D eigenvalue weighted by molar-refractivity contribution is -0.226. The second-order valence-electron chi connectivity index (χ2n) is 16.0. The molecule has 4 aliphatic rings. The van der Waals surface area contributed by atoms with Crippen LogP contribution in [0.3, 0.4) is 0 Å². The second kappa shape index (κ2) is 21.7. The number of hydrogen-bond acceptors (Lipinski definition) is 14. The van der Waals surface area contributed by atoms with E-state index in [-0.39, 0.29) is 0 Å². The first-order valence-electron chi connectivity index (χ1n) is 22.5. The Morgan fingerprint density at radius 2 is 0.806 bits per heavy atom. The molecule has 0 bridgehead atoms. The van der Waals surface area contributed by atoms with Crippen LogP contribution in [0.1, 0.15) is 24.2 Å². The predicted molar refractivity (Wildman–Crippen MR) is 245 cm³/mol. The summed E-state index contributed by atoms with van der Waals surface area (Å²) in [5.74, 6) is 0. The maximum atomic E-state index is 5.67. The summed E-state index contributed by atoms with van der Waals surface area (Å²) in [4.78, 5) is 20.6. The van der Waals surface area contributed by atoms with E-state index in [0.717, 1.165) is 187 Å². The molecule has 2 aromatic heterocycles. The molecule has 14 nitrogen and oxygen atoms in total. The third-order valence-corrected chi connectivity index (χ3v) is 12.0. The van der Waals surface area contributed by atoms with Gasteiger partial charge in [-0.2, -0.15) is 10.2 Å². The highest BCUT2D eigenvalue weighted by Crippen LogP contribution is 2.36. The van der Waals surface area contributed by atoms with Crippen LogP contribution < -0.4 is 0 Å². The molecular weight excluding hydrogens is 781 g/mol. The number of rotatable bonds is 16. The summed E-state index contributed by atoms with van der Waals surface area (Å²) in [5, 5.41) is 16.6. The zero-order chi connectivity index (χ0) is 41.8. The summed E-state index contributed by atoms with van der Waals surface area (Å²) in [6.45, 7) is 16.4. The van der Waals surface area contributed by atoms with Crippen molar-refractivity contribution >= 4 is 34.2 Å². The standard InChI is InChI=1S/C48H60N10O4/c1-3-9-39(10-4-1)45-35-41(37-49-15-7-17-57(53-19-27-59-28-20-53)54-21-29-60-30-22-54)51-47-43(45)13-14-44-46(40-11-5-2-6-12-40)36-42(52-48(44)47)38-50-16-8-18-58(55-23-31-61-32-24-55)56-25-33-62-34-26-56/h1-6,9-14,35-38H,7-8,15-34H2. The van der Waals surface area contributed by atoms with Gasteiger partial charge in [-0.05, 0) is 47.2 Å². The number of nitrogens with zero attached hydrogens (tertiary/aromatic N) is 10. The Bertz CT molecular complexity index is 2050. The molecule has 4 saturated heterocycles. The highest BCUT2D eigenvalue weighted by Gasteiger charge is 2.27. The van der Waals surface area contributed by atoms with Gasteiger partial charge in [-0.1, -0.05) is 72.8 Å². The Morgan fingerprint density at radius 1 is 0.468 bits per heavy atom. The van der Waals surface area contributed by atoms with Gasteiger partial charge in [-0.25, -0.2) is 30.0 Å². The zero-order valence-electron chi connectivity index (χ0n) is 35.9. The number of hydrazine groups is 4. The minimum atomic E-state index is 0.689. The number of benzene rings is 3. The van der Waals surface area contributed by atoms with E-state index in [1.54, 1.807) is 0 Å². The molecule has 9 rings (SSSR count). The molecule has 4 fully saturated rings. The molecule has 14 heteroatoms. The van der Waals surface area contributed by atoms with Gasteiger partial charge in [0.1, 0.15) is 0 Å². The minimum absolute atomic E-state index is 0.689. The van der Waals surface area contributed by atoms with E-state index in [1.807, 2.05) is 12.4 Å². The number of hydrogen-bond donors (Lipinski definition) is 0. The number of aliphatic imine (C=N–C) groups is 2. The topological polar surface area (TPSA) is 107 Å². The fourth-order valence-electron chi connectivity index (χ4n) is 8.84. The van der Waals surface area contributed by atoms with E-state index in [9.17, 15) is 0 Å². The maximum absolute atomic E-state index is 5.67. The number of morpholine rings is 4. The molecule has 4 aliphatic heterocycles. The minimum Gasteiger partial charge on any atom is -0.379 e. The summed E-state index contributed by atoms with van der Waals surface area (Å²) >= 11 is 0. The predicted octanol–water partition coefficient (Wildman–Crippen LogP) is 5.33. The molecule has 0 unspecified atom stereocenters. The Balaban J connectivity index is 0.992. The van der Waals surface area contributed by atoms with Gasteiger partial charge in [0.25, 0.3) is 0 Å². The SMILES string of the molecule is C(=NCCCN(N1CCOCC1)N1CCOCC1)c1cc(-c2ccccc2)c2ccc3c(-c4ccccc4)cc(C=NCCCN(N4CCOCC4)N4CCOCC4)nc3c2n1. The Kier molecular flexibility index (Phi) is 14.9. The summed E-state index contributed by atoms with van der Waals surface area (Å²) < 4.78 is 22.7. The number of ether oxygens (including phenoxy) is 4. The lowest BCUT2D eigenvalue weighted by Crippen LogP contribution is -2.59. The van der Waals surface area contributed by atoms with Crippen molar-refractivity contribution in [2.75, 3.05) is 131 Å². The first-order valence-corrected chi connectivity index (χ1v) is 22.5. The molecule has 0 radical (unpaired) electrons. The third kappa shape index (κ3) is 10.6. The van der Waals surface area contributed by atoms with Crippen LogP contribution in [0.4, 0.5) is 0 Å². The van der Waals surface area contributed by atoms with Gasteiger partial charge < -0.3 is 18.9 Å². The summed E-state index contributed by atoms with van der Waals surface area (Å²) in [6.07, 6.45) is 5.71. The summed E-state index contributed by atoms with van der Waals surface area (Å²) in [7, 11) is 0. The van der Waals surface area contributed by atoms with Crippen molar-refractivity contribution in [3.05, 3.63) is 96.3 Å². The first kappa shape index (κ1) is 42.7. The molecule has 0 atom stereocenters. The Hall–Kier alpha value is -4.58. The average molecular weight is 841 g/mol. The van der Waals surface area contributed by atoms with Crippen LogP contribution in [0.25, 0.3) is 44.1 Å². The van der Waals surface area contributed by atoms with Crippen LogP contribution >= 0.6 is 0 Å². The van der Waals surface area contributed by atoms with E-state index in [1.165, 1.54) is 0 Å². The molecule has 326 valence electrons. The Labute approximate surface area is 365 Å². The normalized spacial score (nSPS) is 19.3. The lowest BCUT2D eigenvalue weighted by atomic mass is 9.95. The van der Waals surface area contributed by atoms with Crippen LogP contribution in [0.5, 0.6) is 0 Å². The quantitative estimate of drug-likeness (QED) is 0.0729. The van der Waals surface area contributed by atoms with Crippen molar-refractivity contribution in [1.29, 1.82) is 0 Å². The molecule has 0 N–H and O–H groups in total. The molecule has 5 aromatic rings. The van der Waals surface area contributed by atoms with E-state index in [0.29, 0.717) is 13.1 Å². The molecule has 0 spiro atoms. The summed E-state index contributed by atoms with van der Waals surface area (Å²) in [5.41, 5.74) is 7.82. The van der Waals surface area contributed by atoms with Crippen molar-refractivity contribution in [2.45, 2.75) is 12.8 Å². The van der Waals surface area contributed by atoms with Crippen molar-refractivity contribution in [3.8, 4) is 22.3 Å². The Morgan fingerprint density at radius 3 is 1.15 bits per heavy atom. The van der Waals surface area contributed by atoms with Gasteiger partial charge in [0.05, 0.1) is 75.3 Å². The lowest BCUT2D eigenvalue weighted by Gasteiger charge is -2.45.